The number of aryl methyl sites for hydroxylation is 1. The van der Waals surface area contributed by atoms with Crippen LogP contribution >= 0.6 is 0 Å². The largest absolute Gasteiger partial charge is 0.465 e. The molecule has 0 unspecified atom stereocenters. The van der Waals surface area contributed by atoms with Crippen LogP contribution in [-0.4, -0.2) is 38.0 Å². The fourth-order valence-electron chi connectivity index (χ4n) is 3.18. The van der Waals surface area contributed by atoms with Crippen LogP contribution in [0.3, 0.4) is 0 Å². The van der Waals surface area contributed by atoms with Crippen molar-refractivity contribution < 1.29 is 14.3 Å². The van der Waals surface area contributed by atoms with Crippen LogP contribution in [-0.2, 0) is 7.05 Å². The smallest absolute Gasteiger partial charge is 0.404 e. The molecule has 10 heteroatoms. The second-order valence-electron chi connectivity index (χ2n) is 6.89. The molecule has 0 aliphatic heterocycles. The van der Waals surface area contributed by atoms with Crippen LogP contribution in [0, 0.1) is 17.1 Å². The Morgan fingerprint density at radius 2 is 2.13 bits per heavy atom. The first kappa shape index (κ1) is 20.9. The summed E-state index contributed by atoms with van der Waals surface area (Å²) in [7, 11) is 1.82. The summed E-state index contributed by atoms with van der Waals surface area (Å²) in [5, 5.41) is 31.9. The topological polar surface area (TPSA) is 128 Å². The third-order valence-electron chi connectivity index (χ3n) is 4.82. The van der Waals surface area contributed by atoms with Crippen molar-refractivity contribution in [3.05, 3.63) is 41.8 Å². The van der Waals surface area contributed by atoms with Gasteiger partial charge in [-0.2, -0.15) is 10.4 Å². The van der Waals surface area contributed by atoms with Crippen LogP contribution in [0.1, 0.15) is 25.8 Å². The number of anilines is 3. The molecule has 30 heavy (non-hydrogen) atoms. The predicted octanol–water partition coefficient (Wildman–Crippen LogP) is 3.57. The maximum absolute atomic E-state index is 14.5. The minimum absolute atomic E-state index is 0.0477. The molecule has 156 valence electrons. The van der Waals surface area contributed by atoms with Crippen LogP contribution in [0.2, 0.25) is 0 Å². The Hall–Kier alpha value is -3.87. The molecule has 0 aliphatic carbocycles. The normalized spacial score (nSPS) is 12.8. The zero-order valence-corrected chi connectivity index (χ0v) is 16.8. The van der Waals surface area contributed by atoms with Crippen molar-refractivity contribution in [3.8, 4) is 6.07 Å². The molecule has 2 aromatic heterocycles. The summed E-state index contributed by atoms with van der Waals surface area (Å²) in [4.78, 5) is 15.2. The van der Waals surface area contributed by atoms with Gasteiger partial charge in [-0.3, -0.25) is 4.68 Å². The van der Waals surface area contributed by atoms with Crippen LogP contribution in [0.5, 0.6) is 0 Å². The number of rotatable bonds is 7. The molecule has 3 rings (SSSR count). The van der Waals surface area contributed by atoms with Gasteiger partial charge in [-0.05, 0) is 37.6 Å². The number of fused-ring (bicyclic) bond motifs is 1. The number of nitrogens with one attached hydrogen (secondary N) is 3. The fraction of sp³-hybridized carbons (Fsp3) is 0.300. The number of hydrogen-bond acceptors (Lipinski definition) is 6. The fourth-order valence-corrected chi connectivity index (χ4v) is 3.18. The van der Waals surface area contributed by atoms with Gasteiger partial charge in [0, 0.05) is 24.2 Å². The van der Waals surface area contributed by atoms with E-state index in [9.17, 15) is 14.4 Å². The first-order valence-corrected chi connectivity index (χ1v) is 9.37. The zero-order valence-electron chi connectivity index (χ0n) is 16.8. The molecule has 0 saturated carbocycles. The van der Waals surface area contributed by atoms with Crippen molar-refractivity contribution in [2.45, 2.75) is 32.4 Å². The van der Waals surface area contributed by atoms with Gasteiger partial charge in [0.1, 0.15) is 6.07 Å². The molecular weight excluding hydrogens is 389 g/mol. The Labute approximate surface area is 172 Å². The first-order valence-electron chi connectivity index (χ1n) is 9.37. The molecule has 0 aliphatic rings. The van der Waals surface area contributed by atoms with Crippen LogP contribution in [0.4, 0.5) is 26.5 Å². The van der Waals surface area contributed by atoms with E-state index in [0.717, 1.165) is 17.0 Å². The lowest BCUT2D eigenvalue weighted by Crippen LogP contribution is -2.44. The Balaban J connectivity index is 1.89. The van der Waals surface area contributed by atoms with Gasteiger partial charge in [-0.15, -0.1) is 0 Å². The number of aromatic nitrogens is 3. The second-order valence-corrected chi connectivity index (χ2v) is 6.89. The maximum Gasteiger partial charge on any atom is 0.404 e. The maximum atomic E-state index is 14.5. The standard InChI is InChI=1S/C20H22FN7O2/c1-4-16(26-20(29)30)11(2)24-19-15(21)7-13(9-22)18(27-19)25-14-6-5-12-10-23-28(3)17(12)8-14/h5-8,10-11,16,26H,4H2,1-3H3,(H,29,30)(H2,24,25,27)/t11-,16+/m1/s1. The number of pyridine rings is 1. The van der Waals surface area contributed by atoms with Gasteiger partial charge in [-0.1, -0.05) is 6.92 Å². The molecule has 0 bridgehead atoms. The highest BCUT2D eigenvalue weighted by Gasteiger charge is 2.20. The molecule has 9 nitrogen and oxygen atoms in total. The van der Waals surface area contributed by atoms with Crippen LogP contribution in [0.15, 0.2) is 30.5 Å². The molecule has 2 heterocycles. The second kappa shape index (κ2) is 8.65. The van der Waals surface area contributed by atoms with E-state index in [4.69, 9.17) is 5.11 Å². The lowest BCUT2D eigenvalue weighted by molar-refractivity contribution is 0.188. The summed E-state index contributed by atoms with van der Waals surface area (Å²) < 4.78 is 16.2. The number of benzene rings is 1. The molecule has 1 amide bonds. The van der Waals surface area contributed by atoms with Crippen LogP contribution in [0.25, 0.3) is 10.9 Å². The Morgan fingerprint density at radius 3 is 2.80 bits per heavy atom. The van der Waals surface area contributed by atoms with Gasteiger partial charge in [0.25, 0.3) is 0 Å². The van der Waals surface area contributed by atoms with Crippen molar-refractivity contribution in [2.75, 3.05) is 10.6 Å². The third-order valence-corrected chi connectivity index (χ3v) is 4.82. The van der Waals surface area contributed by atoms with E-state index in [1.807, 2.05) is 38.2 Å². The number of nitrogens with zero attached hydrogens (tertiary/aromatic N) is 4. The number of amides is 1. The highest BCUT2D eigenvalue weighted by molar-refractivity contribution is 5.83. The molecule has 1 aromatic carbocycles. The molecule has 4 N–H and O–H groups in total. The summed E-state index contributed by atoms with van der Waals surface area (Å²) in [6.45, 7) is 3.55. The van der Waals surface area contributed by atoms with E-state index >= 15 is 0 Å². The van der Waals surface area contributed by atoms with Gasteiger partial charge in [0.2, 0.25) is 0 Å². The SMILES string of the molecule is CC[C@H](NC(=O)O)[C@@H](C)Nc1nc(Nc2ccc3cnn(C)c3c2)c(C#N)cc1F. The molecule has 0 spiro atoms. The van der Waals surface area contributed by atoms with Gasteiger partial charge in [-0.25, -0.2) is 14.2 Å². The van der Waals surface area contributed by atoms with E-state index in [1.165, 1.54) is 0 Å². The summed E-state index contributed by atoms with van der Waals surface area (Å²) in [6.07, 6.45) is 1.10. The van der Waals surface area contributed by atoms with Crippen LogP contribution < -0.4 is 16.0 Å². The van der Waals surface area contributed by atoms with Gasteiger partial charge >= 0.3 is 6.09 Å². The van der Waals surface area contributed by atoms with Crippen molar-refractivity contribution in [3.63, 3.8) is 0 Å². The Bertz CT molecular complexity index is 1120. The molecule has 2 atom stereocenters. The van der Waals surface area contributed by atoms with Crippen molar-refractivity contribution in [2.24, 2.45) is 7.05 Å². The minimum Gasteiger partial charge on any atom is -0.465 e. The average molecular weight is 411 g/mol. The molecule has 0 fully saturated rings. The molecule has 3 aromatic rings. The average Bonchev–Trinajstić information content (AvgIpc) is 3.08. The zero-order chi connectivity index (χ0) is 21.8. The van der Waals surface area contributed by atoms with E-state index in [-0.39, 0.29) is 17.2 Å². The Kier molecular flexibility index (Phi) is 6.01. The molecular formula is C20H22FN7O2. The summed E-state index contributed by atoms with van der Waals surface area (Å²) in [5.41, 5.74) is 1.60. The first-order chi connectivity index (χ1) is 14.3. The van der Waals surface area contributed by atoms with E-state index in [1.54, 1.807) is 17.8 Å². The summed E-state index contributed by atoms with van der Waals surface area (Å²) >= 11 is 0. The number of hydrogen-bond donors (Lipinski definition) is 4. The number of halogens is 1. The van der Waals surface area contributed by atoms with Gasteiger partial charge < -0.3 is 21.1 Å². The van der Waals surface area contributed by atoms with Crippen molar-refractivity contribution in [1.82, 2.24) is 20.1 Å². The van der Waals surface area contributed by atoms with E-state index < -0.39 is 24.0 Å². The summed E-state index contributed by atoms with van der Waals surface area (Å²) in [6, 6.07) is 7.71. The predicted molar refractivity (Wildman–Crippen MR) is 111 cm³/mol. The highest BCUT2D eigenvalue weighted by atomic mass is 19.1. The van der Waals surface area contributed by atoms with Gasteiger partial charge in [0.05, 0.1) is 23.3 Å². The minimum atomic E-state index is -1.16. The molecule has 0 saturated heterocycles. The van der Waals surface area contributed by atoms with Crippen molar-refractivity contribution >= 4 is 34.3 Å². The lowest BCUT2D eigenvalue weighted by Gasteiger charge is -2.24. The van der Waals surface area contributed by atoms with E-state index in [0.29, 0.717) is 12.1 Å². The molecule has 0 radical (unpaired) electrons. The van der Waals surface area contributed by atoms with Crippen molar-refractivity contribution in [1.29, 1.82) is 5.26 Å². The third kappa shape index (κ3) is 4.41. The number of carbonyl (C=O) groups is 1. The number of nitriles is 1. The van der Waals surface area contributed by atoms with Gasteiger partial charge in [0.15, 0.2) is 17.5 Å². The number of carboxylic acid groups (broad SMARTS) is 1. The highest BCUT2D eigenvalue weighted by Crippen LogP contribution is 2.26. The summed E-state index contributed by atoms with van der Waals surface area (Å²) in [5.74, 6) is -0.582. The quantitative estimate of drug-likeness (QED) is 0.468. The monoisotopic (exact) mass is 411 g/mol. The lowest BCUT2D eigenvalue weighted by atomic mass is 10.1. The van der Waals surface area contributed by atoms with E-state index in [2.05, 4.69) is 26.0 Å². The Morgan fingerprint density at radius 1 is 1.37 bits per heavy atom.